The summed E-state index contributed by atoms with van der Waals surface area (Å²) in [7, 11) is 5.09. The summed E-state index contributed by atoms with van der Waals surface area (Å²) in [5, 5.41) is 7.98. The zero-order chi connectivity index (χ0) is 19.8. The summed E-state index contributed by atoms with van der Waals surface area (Å²) >= 11 is 0. The van der Waals surface area contributed by atoms with Crippen LogP contribution in [-0.4, -0.2) is 38.3 Å². The highest BCUT2D eigenvalue weighted by atomic mass is 127. The molecule has 29 heavy (non-hydrogen) atoms. The van der Waals surface area contributed by atoms with Crippen LogP contribution in [0.1, 0.15) is 12.0 Å². The van der Waals surface area contributed by atoms with E-state index < -0.39 is 0 Å². The number of aliphatic imine (C=N–C) groups is 1. The minimum atomic E-state index is 0. The summed E-state index contributed by atoms with van der Waals surface area (Å²) in [6.45, 7) is 2.42. The van der Waals surface area contributed by atoms with Gasteiger partial charge in [-0.25, -0.2) is 0 Å². The molecule has 6 nitrogen and oxygen atoms in total. The van der Waals surface area contributed by atoms with Crippen molar-refractivity contribution in [3.8, 4) is 11.5 Å². The Kier molecular flexibility index (Phi) is 9.11. The van der Waals surface area contributed by atoms with Crippen molar-refractivity contribution in [1.29, 1.82) is 0 Å². The molecule has 1 heterocycles. The number of benzene rings is 2. The van der Waals surface area contributed by atoms with Crippen molar-refractivity contribution in [1.82, 2.24) is 15.2 Å². The molecule has 0 saturated carbocycles. The average Bonchev–Trinajstić information content (AvgIpc) is 3.16. The van der Waals surface area contributed by atoms with E-state index in [4.69, 9.17) is 9.47 Å². The Hall–Kier alpha value is -2.42. The van der Waals surface area contributed by atoms with Crippen LogP contribution in [0.4, 0.5) is 0 Å². The van der Waals surface area contributed by atoms with Crippen LogP contribution in [0.2, 0.25) is 0 Å². The normalized spacial score (nSPS) is 11.1. The van der Waals surface area contributed by atoms with Gasteiger partial charge in [0.05, 0.1) is 14.2 Å². The number of nitrogens with zero attached hydrogens (tertiary/aromatic N) is 2. The minimum absolute atomic E-state index is 0. The number of rotatable bonds is 8. The lowest BCUT2D eigenvalue weighted by atomic mass is 10.2. The van der Waals surface area contributed by atoms with Crippen molar-refractivity contribution in [2.75, 3.05) is 27.8 Å². The maximum atomic E-state index is 5.45. The number of methoxy groups -OCH3 is 2. The maximum absolute atomic E-state index is 5.45. The number of nitrogens with one attached hydrogen (secondary N) is 2. The lowest BCUT2D eigenvalue weighted by molar-refractivity contribution is 0.390. The Labute approximate surface area is 189 Å². The predicted molar refractivity (Wildman–Crippen MR) is 130 cm³/mol. The summed E-state index contributed by atoms with van der Waals surface area (Å²) in [5.74, 6) is 2.35. The molecule has 2 N–H and O–H groups in total. The Morgan fingerprint density at radius 1 is 1.03 bits per heavy atom. The molecule has 0 radical (unpaired) electrons. The largest absolute Gasteiger partial charge is 0.497 e. The number of para-hydroxylation sites is 1. The molecule has 0 unspecified atom stereocenters. The SMILES string of the molecule is CN=C(NCCCn1ccc2ccccc21)NCc1ccc(OC)cc1OC.I. The van der Waals surface area contributed by atoms with Crippen LogP contribution in [-0.2, 0) is 13.1 Å². The van der Waals surface area contributed by atoms with Crippen molar-refractivity contribution in [2.45, 2.75) is 19.5 Å². The third-order valence-electron chi connectivity index (χ3n) is 4.71. The van der Waals surface area contributed by atoms with E-state index in [1.165, 1.54) is 10.9 Å². The number of aryl methyl sites for hydroxylation is 1. The van der Waals surface area contributed by atoms with E-state index in [0.717, 1.165) is 42.5 Å². The van der Waals surface area contributed by atoms with Crippen molar-refractivity contribution in [3.05, 3.63) is 60.3 Å². The van der Waals surface area contributed by atoms with Gasteiger partial charge in [-0.1, -0.05) is 18.2 Å². The number of halogens is 1. The van der Waals surface area contributed by atoms with Crippen LogP contribution in [0.3, 0.4) is 0 Å². The first-order valence-corrected chi connectivity index (χ1v) is 9.44. The van der Waals surface area contributed by atoms with E-state index in [1.54, 1.807) is 21.3 Å². The second-order valence-electron chi connectivity index (χ2n) is 6.45. The molecule has 156 valence electrons. The summed E-state index contributed by atoms with van der Waals surface area (Å²) in [5.41, 5.74) is 2.32. The Morgan fingerprint density at radius 3 is 2.62 bits per heavy atom. The molecule has 7 heteroatoms. The van der Waals surface area contributed by atoms with Gasteiger partial charge in [-0.3, -0.25) is 4.99 Å². The zero-order valence-electron chi connectivity index (χ0n) is 17.1. The fraction of sp³-hybridized carbons (Fsp3) is 0.318. The van der Waals surface area contributed by atoms with Gasteiger partial charge in [0, 0.05) is 50.0 Å². The molecule has 0 amide bonds. The van der Waals surface area contributed by atoms with Gasteiger partial charge in [0.2, 0.25) is 0 Å². The highest BCUT2D eigenvalue weighted by Gasteiger charge is 2.06. The van der Waals surface area contributed by atoms with Crippen LogP contribution >= 0.6 is 24.0 Å². The molecule has 2 aromatic carbocycles. The van der Waals surface area contributed by atoms with Crippen molar-refractivity contribution in [3.63, 3.8) is 0 Å². The maximum Gasteiger partial charge on any atom is 0.191 e. The third-order valence-corrected chi connectivity index (χ3v) is 4.71. The van der Waals surface area contributed by atoms with Gasteiger partial charge in [0.1, 0.15) is 11.5 Å². The van der Waals surface area contributed by atoms with Crippen molar-refractivity contribution in [2.24, 2.45) is 4.99 Å². The van der Waals surface area contributed by atoms with E-state index >= 15 is 0 Å². The molecule has 0 saturated heterocycles. The van der Waals surface area contributed by atoms with Crippen LogP contribution in [0.15, 0.2) is 59.7 Å². The lowest BCUT2D eigenvalue weighted by Crippen LogP contribution is -2.37. The minimum Gasteiger partial charge on any atom is -0.497 e. The number of fused-ring (bicyclic) bond motifs is 1. The fourth-order valence-corrected chi connectivity index (χ4v) is 3.19. The number of guanidine groups is 1. The lowest BCUT2D eigenvalue weighted by Gasteiger charge is -2.14. The van der Waals surface area contributed by atoms with Gasteiger partial charge in [-0.05, 0) is 36.1 Å². The second kappa shape index (κ2) is 11.5. The highest BCUT2D eigenvalue weighted by Crippen LogP contribution is 2.24. The molecule has 0 aliphatic heterocycles. The molecule has 0 fully saturated rings. The Balaban J connectivity index is 0.00000300. The predicted octanol–water partition coefficient (Wildman–Crippen LogP) is 4.03. The molecule has 0 atom stereocenters. The van der Waals surface area contributed by atoms with Gasteiger partial charge in [0.15, 0.2) is 5.96 Å². The van der Waals surface area contributed by atoms with Gasteiger partial charge < -0.3 is 24.7 Å². The quantitative estimate of drug-likeness (QED) is 0.209. The number of aromatic nitrogens is 1. The standard InChI is InChI=1S/C22H28N4O2.HI/c1-23-22(25-16-18-9-10-19(27-2)15-21(18)28-3)24-12-6-13-26-14-11-17-7-4-5-8-20(17)26;/h4-5,7-11,14-15H,6,12-13,16H2,1-3H3,(H2,23,24,25);1H. The molecule has 0 bridgehead atoms. The molecular weight excluding hydrogens is 479 g/mol. The van der Waals surface area contributed by atoms with Crippen LogP contribution in [0.25, 0.3) is 10.9 Å². The molecule has 3 aromatic rings. The summed E-state index contributed by atoms with van der Waals surface area (Å²) in [4.78, 5) is 4.30. The van der Waals surface area contributed by atoms with Gasteiger partial charge >= 0.3 is 0 Å². The van der Waals surface area contributed by atoms with Crippen molar-refractivity contribution < 1.29 is 9.47 Å². The van der Waals surface area contributed by atoms with E-state index in [-0.39, 0.29) is 24.0 Å². The Morgan fingerprint density at radius 2 is 1.86 bits per heavy atom. The first-order chi connectivity index (χ1) is 13.7. The van der Waals surface area contributed by atoms with E-state index in [1.807, 2.05) is 18.2 Å². The molecule has 1 aromatic heterocycles. The first-order valence-electron chi connectivity index (χ1n) is 9.44. The van der Waals surface area contributed by atoms with Crippen LogP contribution < -0.4 is 20.1 Å². The smallest absolute Gasteiger partial charge is 0.191 e. The first kappa shape index (κ1) is 22.9. The molecule has 3 rings (SSSR count). The van der Waals surface area contributed by atoms with E-state index in [0.29, 0.717) is 6.54 Å². The number of hydrogen-bond acceptors (Lipinski definition) is 3. The molecule has 0 aliphatic rings. The van der Waals surface area contributed by atoms with Gasteiger partial charge in [-0.2, -0.15) is 0 Å². The highest BCUT2D eigenvalue weighted by molar-refractivity contribution is 14.0. The van der Waals surface area contributed by atoms with Crippen LogP contribution in [0, 0.1) is 0 Å². The number of hydrogen-bond donors (Lipinski definition) is 2. The van der Waals surface area contributed by atoms with Crippen LogP contribution in [0.5, 0.6) is 11.5 Å². The summed E-state index contributed by atoms with van der Waals surface area (Å²) < 4.78 is 13.0. The molecule has 0 spiro atoms. The fourth-order valence-electron chi connectivity index (χ4n) is 3.19. The van der Waals surface area contributed by atoms with Gasteiger partial charge in [-0.15, -0.1) is 24.0 Å². The van der Waals surface area contributed by atoms with Crippen molar-refractivity contribution >= 4 is 40.8 Å². The topological polar surface area (TPSA) is 59.8 Å². The molecule has 0 aliphatic carbocycles. The monoisotopic (exact) mass is 508 g/mol. The zero-order valence-corrected chi connectivity index (χ0v) is 19.5. The van der Waals surface area contributed by atoms with E-state index in [2.05, 4.69) is 56.7 Å². The summed E-state index contributed by atoms with van der Waals surface area (Å²) in [6.07, 6.45) is 3.15. The average molecular weight is 508 g/mol. The Bertz CT molecular complexity index is 939. The number of ether oxygens (including phenoxy) is 2. The van der Waals surface area contributed by atoms with E-state index in [9.17, 15) is 0 Å². The molecular formula is C22H29IN4O2. The van der Waals surface area contributed by atoms with Gasteiger partial charge in [0.25, 0.3) is 0 Å². The second-order valence-corrected chi connectivity index (χ2v) is 6.45. The third kappa shape index (κ3) is 6.03. The summed E-state index contributed by atoms with van der Waals surface area (Å²) in [6, 6.07) is 16.4.